The van der Waals surface area contributed by atoms with E-state index in [0.717, 1.165) is 5.69 Å². The Bertz CT molecular complexity index is 967. The lowest BCUT2D eigenvalue weighted by atomic mass is 10.1. The normalized spacial score (nSPS) is 12.1. The van der Waals surface area contributed by atoms with E-state index in [9.17, 15) is 0 Å². The van der Waals surface area contributed by atoms with Crippen molar-refractivity contribution in [3.63, 3.8) is 0 Å². The van der Waals surface area contributed by atoms with Crippen LogP contribution in [0.25, 0.3) is 11.2 Å². The Morgan fingerprint density at radius 3 is 2.48 bits per heavy atom. The molecule has 0 saturated heterocycles. The van der Waals surface area contributed by atoms with Crippen LogP contribution in [0, 0.1) is 5.41 Å². The molecule has 2 heterocycles. The van der Waals surface area contributed by atoms with Crippen LogP contribution in [0.5, 0.6) is 11.5 Å². The van der Waals surface area contributed by atoms with Crippen molar-refractivity contribution < 1.29 is 9.47 Å². The molecule has 8 heteroatoms. The van der Waals surface area contributed by atoms with Crippen molar-refractivity contribution in [2.45, 2.75) is 5.92 Å². The summed E-state index contributed by atoms with van der Waals surface area (Å²) in [6, 6.07) is 9.15. The predicted octanol–water partition coefficient (Wildman–Crippen LogP) is 3.22. The molecule has 0 saturated carbocycles. The highest BCUT2D eigenvalue weighted by atomic mass is 16.5. The van der Waals surface area contributed by atoms with Gasteiger partial charge in [0.2, 0.25) is 0 Å². The quantitative estimate of drug-likeness (QED) is 0.624. The number of aliphatic imine (C=N–C) groups is 1. The molecule has 2 aromatic heterocycles. The number of aromatic nitrogens is 3. The van der Waals surface area contributed by atoms with E-state index in [1.165, 1.54) is 6.21 Å². The number of hydrogen-bond acceptors (Lipinski definition) is 8. The standard InChI is InChI=1S/C19H20N6O2/c1-21-10-12(9-20)17-11-22-16-4-5-18(25-19(16)24-17)23-13-6-14(26-2)8-15(7-13)27-3/h4-12,20H,1-3H3,(H,23,24,25). The third kappa shape index (κ3) is 4.17. The molecule has 3 rings (SSSR count). The van der Waals surface area contributed by atoms with Gasteiger partial charge in [-0.3, -0.25) is 9.98 Å². The van der Waals surface area contributed by atoms with Gasteiger partial charge in [-0.05, 0) is 12.1 Å². The van der Waals surface area contributed by atoms with Gasteiger partial charge in [0.25, 0.3) is 0 Å². The molecular weight excluding hydrogens is 344 g/mol. The fourth-order valence-corrected chi connectivity index (χ4v) is 2.53. The van der Waals surface area contributed by atoms with Crippen molar-refractivity contribution in [3.8, 4) is 11.5 Å². The molecule has 1 atom stereocenters. The molecule has 1 aromatic carbocycles. The van der Waals surface area contributed by atoms with Crippen LogP contribution in [0.3, 0.4) is 0 Å². The second-order valence-corrected chi connectivity index (χ2v) is 5.66. The van der Waals surface area contributed by atoms with Crippen LogP contribution in [-0.2, 0) is 0 Å². The number of benzene rings is 1. The molecule has 138 valence electrons. The number of rotatable bonds is 7. The van der Waals surface area contributed by atoms with E-state index in [0.29, 0.717) is 34.2 Å². The fourth-order valence-electron chi connectivity index (χ4n) is 2.53. The minimum atomic E-state index is -0.326. The zero-order valence-corrected chi connectivity index (χ0v) is 15.3. The molecule has 1 unspecified atom stereocenters. The van der Waals surface area contributed by atoms with E-state index in [1.807, 2.05) is 24.3 Å². The van der Waals surface area contributed by atoms with Gasteiger partial charge in [-0.25, -0.2) is 9.97 Å². The molecule has 2 N–H and O–H groups in total. The topological polar surface area (TPSA) is 105 Å². The molecule has 27 heavy (non-hydrogen) atoms. The van der Waals surface area contributed by atoms with Crippen LogP contribution < -0.4 is 14.8 Å². The Labute approximate surface area is 156 Å². The van der Waals surface area contributed by atoms with Crippen LogP contribution in [-0.4, -0.2) is 48.6 Å². The van der Waals surface area contributed by atoms with Crippen LogP contribution >= 0.6 is 0 Å². The molecule has 0 bridgehead atoms. The lowest BCUT2D eigenvalue weighted by Crippen LogP contribution is -2.06. The zero-order chi connectivity index (χ0) is 19.2. The van der Waals surface area contributed by atoms with E-state index in [1.54, 1.807) is 39.7 Å². The van der Waals surface area contributed by atoms with Crippen molar-refractivity contribution in [2.24, 2.45) is 4.99 Å². The zero-order valence-electron chi connectivity index (χ0n) is 15.3. The number of fused-ring (bicyclic) bond motifs is 1. The van der Waals surface area contributed by atoms with Gasteiger partial charge >= 0.3 is 0 Å². The third-order valence-electron chi connectivity index (χ3n) is 3.88. The first-order valence-corrected chi connectivity index (χ1v) is 8.23. The maximum Gasteiger partial charge on any atom is 0.180 e. The summed E-state index contributed by atoms with van der Waals surface area (Å²) in [6.07, 6.45) is 4.56. The van der Waals surface area contributed by atoms with Crippen molar-refractivity contribution in [3.05, 3.63) is 42.2 Å². The SMILES string of the molecule is CN=CC(C=N)c1cnc2ccc(Nc3cc(OC)cc(OC)c3)nc2n1. The average Bonchev–Trinajstić information content (AvgIpc) is 2.71. The van der Waals surface area contributed by atoms with E-state index >= 15 is 0 Å². The Hall–Kier alpha value is -3.55. The number of methoxy groups -OCH3 is 2. The Morgan fingerprint density at radius 2 is 1.85 bits per heavy atom. The molecule has 0 spiro atoms. The summed E-state index contributed by atoms with van der Waals surface area (Å²) in [7, 11) is 4.86. The van der Waals surface area contributed by atoms with Gasteiger partial charge < -0.3 is 20.2 Å². The van der Waals surface area contributed by atoms with Crippen molar-refractivity contribution >= 4 is 35.1 Å². The van der Waals surface area contributed by atoms with Crippen molar-refractivity contribution in [2.75, 3.05) is 26.6 Å². The first-order chi connectivity index (χ1) is 13.2. The largest absolute Gasteiger partial charge is 0.497 e. The van der Waals surface area contributed by atoms with E-state index in [-0.39, 0.29) is 5.92 Å². The highest BCUT2D eigenvalue weighted by Crippen LogP contribution is 2.28. The Kier molecular flexibility index (Phi) is 5.55. The van der Waals surface area contributed by atoms with Gasteiger partial charge in [0.15, 0.2) is 5.65 Å². The second-order valence-electron chi connectivity index (χ2n) is 5.66. The van der Waals surface area contributed by atoms with Gasteiger partial charge in [0.05, 0.1) is 32.0 Å². The molecular formula is C19H20N6O2. The minimum absolute atomic E-state index is 0.326. The summed E-state index contributed by atoms with van der Waals surface area (Å²) in [5, 5.41) is 10.8. The lowest BCUT2D eigenvalue weighted by molar-refractivity contribution is 0.395. The highest BCUT2D eigenvalue weighted by Gasteiger charge is 2.10. The van der Waals surface area contributed by atoms with Gasteiger partial charge in [-0.2, -0.15) is 0 Å². The molecule has 0 amide bonds. The molecule has 0 aliphatic rings. The van der Waals surface area contributed by atoms with Gasteiger partial charge in [-0.15, -0.1) is 0 Å². The number of pyridine rings is 1. The summed E-state index contributed by atoms with van der Waals surface area (Å²) in [6.45, 7) is 0. The number of nitrogens with zero attached hydrogens (tertiary/aromatic N) is 4. The lowest BCUT2D eigenvalue weighted by Gasteiger charge is -2.11. The monoisotopic (exact) mass is 364 g/mol. The molecule has 0 radical (unpaired) electrons. The highest BCUT2D eigenvalue weighted by molar-refractivity contribution is 5.88. The Morgan fingerprint density at radius 1 is 1.11 bits per heavy atom. The van der Waals surface area contributed by atoms with Gasteiger partial charge in [0, 0.05) is 43.4 Å². The Balaban J connectivity index is 1.95. The second kappa shape index (κ2) is 8.22. The van der Waals surface area contributed by atoms with Crippen LogP contribution in [0.15, 0.2) is 41.5 Å². The van der Waals surface area contributed by atoms with E-state index < -0.39 is 0 Å². The number of hydrogen-bond donors (Lipinski definition) is 2. The summed E-state index contributed by atoms with van der Waals surface area (Å²) >= 11 is 0. The van der Waals surface area contributed by atoms with Crippen molar-refractivity contribution in [1.29, 1.82) is 5.41 Å². The van der Waals surface area contributed by atoms with E-state index in [4.69, 9.17) is 14.9 Å². The average molecular weight is 364 g/mol. The first kappa shape index (κ1) is 18.2. The number of nitrogens with one attached hydrogen (secondary N) is 2. The number of anilines is 2. The summed E-state index contributed by atoms with van der Waals surface area (Å²) in [5.41, 5.74) is 2.56. The summed E-state index contributed by atoms with van der Waals surface area (Å²) in [5.74, 6) is 1.63. The predicted molar refractivity (Wildman–Crippen MR) is 106 cm³/mol. The molecule has 0 aliphatic heterocycles. The first-order valence-electron chi connectivity index (χ1n) is 8.23. The fraction of sp³-hybridized carbons (Fsp3) is 0.211. The van der Waals surface area contributed by atoms with Crippen LogP contribution in [0.1, 0.15) is 11.6 Å². The van der Waals surface area contributed by atoms with Gasteiger partial charge in [-0.1, -0.05) is 0 Å². The van der Waals surface area contributed by atoms with Crippen molar-refractivity contribution in [1.82, 2.24) is 15.0 Å². The summed E-state index contributed by atoms with van der Waals surface area (Å²) < 4.78 is 10.6. The number of ether oxygens (including phenoxy) is 2. The minimum Gasteiger partial charge on any atom is -0.497 e. The molecule has 0 aliphatic carbocycles. The van der Waals surface area contributed by atoms with E-state index in [2.05, 4.69) is 25.3 Å². The van der Waals surface area contributed by atoms with Crippen LogP contribution in [0.2, 0.25) is 0 Å². The maximum atomic E-state index is 7.54. The smallest absolute Gasteiger partial charge is 0.180 e. The maximum absolute atomic E-state index is 7.54. The van der Waals surface area contributed by atoms with Crippen LogP contribution in [0.4, 0.5) is 11.5 Å². The third-order valence-corrected chi connectivity index (χ3v) is 3.88. The molecule has 3 aromatic rings. The molecule has 0 fully saturated rings. The molecule has 8 nitrogen and oxygen atoms in total. The summed E-state index contributed by atoms with van der Waals surface area (Å²) in [4.78, 5) is 17.4. The van der Waals surface area contributed by atoms with Gasteiger partial charge in [0.1, 0.15) is 22.8 Å².